The Morgan fingerprint density at radius 2 is 2.27 bits per heavy atom. The van der Waals surface area contributed by atoms with E-state index in [1.807, 2.05) is 0 Å². The maximum Gasteiger partial charge on any atom is 0.0213 e. The predicted octanol–water partition coefficient (Wildman–Crippen LogP) is 3.42. The van der Waals surface area contributed by atoms with E-state index in [1.165, 1.54) is 44.2 Å². The molecule has 0 aromatic carbocycles. The van der Waals surface area contributed by atoms with Crippen molar-refractivity contribution in [3.05, 3.63) is 22.4 Å². The molecule has 1 heterocycles. The first kappa shape index (κ1) is 9.86. The van der Waals surface area contributed by atoms with E-state index < -0.39 is 0 Å². The van der Waals surface area contributed by atoms with Crippen LogP contribution in [-0.4, -0.2) is 6.54 Å². The van der Waals surface area contributed by atoms with Gasteiger partial charge < -0.3 is 5.32 Å². The molecule has 0 unspecified atom stereocenters. The SMILES string of the molecule is c1cc(CNCC2(C3CC3)CCC2)cs1. The Hall–Kier alpha value is -0.340. The van der Waals surface area contributed by atoms with Crippen LogP contribution in [0.15, 0.2) is 16.8 Å². The van der Waals surface area contributed by atoms with Crippen LogP contribution in [0.2, 0.25) is 0 Å². The van der Waals surface area contributed by atoms with Gasteiger partial charge in [0.05, 0.1) is 0 Å². The van der Waals surface area contributed by atoms with Gasteiger partial charge in [-0.15, -0.1) is 0 Å². The molecule has 1 aromatic heterocycles. The van der Waals surface area contributed by atoms with E-state index >= 15 is 0 Å². The van der Waals surface area contributed by atoms with Crippen molar-refractivity contribution in [1.29, 1.82) is 0 Å². The van der Waals surface area contributed by atoms with Crippen LogP contribution in [-0.2, 0) is 6.54 Å². The van der Waals surface area contributed by atoms with Crippen LogP contribution < -0.4 is 5.32 Å². The zero-order valence-corrected chi connectivity index (χ0v) is 9.98. The molecule has 2 saturated carbocycles. The van der Waals surface area contributed by atoms with Gasteiger partial charge in [-0.1, -0.05) is 6.42 Å². The molecule has 0 atom stereocenters. The van der Waals surface area contributed by atoms with Crippen molar-refractivity contribution in [2.75, 3.05) is 6.54 Å². The number of nitrogens with one attached hydrogen (secondary N) is 1. The fraction of sp³-hybridized carbons (Fsp3) is 0.692. The molecule has 0 bridgehead atoms. The number of hydrogen-bond donors (Lipinski definition) is 1. The van der Waals surface area contributed by atoms with Gasteiger partial charge in [0.2, 0.25) is 0 Å². The van der Waals surface area contributed by atoms with Crippen molar-refractivity contribution in [3.8, 4) is 0 Å². The summed E-state index contributed by atoms with van der Waals surface area (Å²) in [7, 11) is 0. The van der Waals surface area contributed by atoms with Crippen LogP contribution in [0.5, 0.6) is 0 Å². The number of rotatable bonds is 5. The minimum atomic E-state index is 0.718. The zero-order chi connectivity index (χ0) is 10.1. The molecule has 2 heteroatoms. The quantitative estimate of drug-likeness (QED) is 0.803. The maximum atomic E-state index is 3.66. The number of thiophene rings is 1. The van der Waals surface area contributed by atoms with E-state index in [1.54, 1.807) is 11.3 Å². The van der Waals surface area contributed by atoms with Crippen LogP contribution in [0.25, 0.3) is 0 Å². The molecule has 1 nitrogen and oxygen atoms in total. The molecule has 0 aliphatic heterocycles. The first-order valence-corrected chi connectivity index (χ1v) is 7.05. The number of hydrogen-bond acceptors (Lipinski definition) is 2. The second-order valence-corrected chi connectivity index (χ2v) is 6.01. The monoisotopic (exact) mass is 221 g/mol. The molecule has 2 aliphatic rings. The van der Waals surface area contributed by atoms with E-state index in [4.69, 9.17) is 0 Å². The average Bonchev–Trinajstić information content (AvgIpc) is 2.89. The lowest BCUT2D eigenvalue weighted by Gasteiger charge is -2.43. The molecule has 1 aromatic rings. The second-order valence-electron chi connectivity index (χ2n) is 5.23. The van der Waals surface area contributed by atoms with Gasteiger partial charge in [0, 0.05) is 13.1 Å². The molecule has 0 spiro atoms. The summed E-state index contributed by atoms with van der Waals surface area (Å²) in [6.45, 7) is 2.32. The van der Waals surface area contributed by atoms with E-state index in [9.17, 15) is 0 Å². The third kappa shape index (κ3) is 1.98. The fourth-order valence-electron chi connectivity index (χ4n) is 2.90. The lowest BCUT2D eigenvalue weighted by molar-refractivity contribution is 0.0987. The van der Waals surface area contributed by atoms with Crippen LogP contribution in [0.1, 0.15) is 37.7 Å². The summed E-state index contributed by atoms with van der Waals surface area (Å²) in [4.78, 5) is 0. The van der Waals surface area contributed by atoms with E-state index in [0.29, 0.717) is 0 Å². The van der Waals surface area contributed by atoms with Crippen molar-refractivity contribution >= 4 is 11.3 Å². The summed E-state index contributed by atoms with van der Waals surface area (Å²) in [6, 6.07) is 2.22. The normalized spacial score (nSPS) is 23.7. The van der Waals surface area contributed by atoms with Gasteiger partial charge in [-0.05, 0) is 59.4 Å². The topological polar surface area (TPSA) is 12.0 Å². The van der Waals surface area contributed by atoms with Crippen molar-refractivity contribution in [1.82, 2.24) is 5.32 Å². The first-order chi connectivity index (χ1) is 7.39. The van der Waals surface area contributed by atoms with Gasteiger partial charge in [-0.3, -0.25) is 0 Å². The lowest BCUT2D eigenvalue weighted by Crippen LogP contribution is -2.41. The molecular weight excluding hydrogens is 202 g/mol. The maximum absolute atomic E-state index is 3.66. The van der Waals surface area contributed by atoms with Crippen molar-refractivity contribution < 1.29 is 0 Å². The molecule has 3 rings (SSSR count). The molecule has 1 N–H and O–H groups in total. The Balaban J connectivity index is 1.48. The summed E-state index contributed by atoms with van der Waals surface area (Å²) in [5.74, 6) is 1.07. The van der Waals surface area contributed by atoms with Gasteiger partial charge in [0.1, 0.15) is 0 Å². The second kappa shape index (κ2) is 3.91. The molecule has 15 heavy (non-hydrogen) atoms. The van der Waals surface area contributed by atoms with Crippen LogP contribution in [0.3, 0.4) is 0 Å². The van der Waals surface area contributed by atoms with Crippen molar-refractivity contribution in [2.45, 2.75) is 38.6 Å². The highest BCUT2D eigenvalue weighted by Crippen LogP contribution is 2.56. The highest BCUT2D eigenvalue weighted by molar-refractivity contribution is 7.07. The summed E-state index contributed by atoms with van der Waals surface area (Å²) < 4.78 is 0. The minimum absolute atomic E-state index is 0.718. The molecule has 82 valence electrons. The summed E-state index contributed by atoms with van der Waals surface area (Å²) in [5.41, 5.74) is 2.17. The van der Waals surface area contributed by atoms with Crippen LogP contribution >= 0.6 is 11.3 Å². The molecule has 2 aliphatic carbocycles. The zero-order valence-electron chi connectivity index (χ0n) is 9.17. The smallest absolute Gasteiger partial charge is 0.0213 e. The summed E-state index contributed by atoms with van der Waals surface area (Å²) in [6.07, 6.45) is 7.43. The Morgan fingerprint density at radius 3 is 2.80 bits per heavy atom. The summed E-state index contributed by atoms with van der Waals surface area (Å²) in [5, 5.41) is 8.07. The van der Waals surface area contributed by atoms with Crippen molar-refractivity contribution in [3.63, 3.8) is 0 Å². The van der Waals surface area contributed by atoms with E-state index in [2.05, 4.69) is 22.1 Å². The minimum Gasteiger partial charge on any atom is -0.312 e. The van der Waals surface area contributed by atoms with E-state index in [-0.39, 0.29) is 0 Å². The highest BCUT2D eigenvalue weighted by atomic mass is 32.1. The van der Waals surface area contributed by atoms with Gasteiger partial charge in [-0.25, -0.2) is 0 Å². The largest absolute Gasteiger partial charge is 0.312 e. The fourth-order valence-corrected chi connectivity index (χ4v) is 3.57. The molecule has 0 saturated heterocycles. The van der Waals surface area contributed by atoms with Crippen LogP contribution in [0, 0.1) is 11.3 Å². The Kier molecular flexibility index (Phi) is 2.57. The van der Waals surface area contributed by atoms with Gasteiger partial charge in [0.15, 0.2) is 0 Å². The predicted molar refractivity (Wildman–Crippen MR) is 65.0 cm³/mol. The molecule has 0 amide bonds. The molecule has 0 radical (unpaired) electrons. The van der Waals surface area contributed by atoms with E-state index in [0.717, 1.165) is 17.9 Å². The highest BCUT2D eigenvalue weighted by Gasteiger charge is 2.48. The van der Waals surface area contributed by atoms with Gasteiger partial charge in [-0.2, -0.15) is 11.3 Å². The Bertz CT molecular complexity index is 309. The van der Waals surface area contributed by atoms with Crippen molar-refractivity contribution in [2.24, 2.45) is 11.3 Å². The van der Waals surface area contributed by atoms with Crippen LogP contribution in [0.4, 0.5) is 0 Å². The first-order valence-electron chi connectivity index (χ1n) is 6.11. The third-order valence-corrected chi connectivity index (χ3v) is 4.91. The Labute approximate surface area is 95.9 Å². The lowest BCUT2D eigenvalue weighted by atomic mass is 9.65. The Morgan fingerprint density at radius 1 is 1.40 bits per heavy atom. The molecule has 2 fully saturated rings. The van der Waals surface area contributed by atoms with Gasteiger partial charge >= 0.3 is 0 Å². The third-order valence-electron chi connectivity index (χ3n) is 4.18. The average molecular weight is 221 g/mol. The standard InChI is InChI=1S/C13H19NS/c1-5-13(6-1,12-2-3-12)10-14-8-11-4-7-15-9-11/h4,7,9,12,14H,1-3,5-6,8,10H2. The van der Waals surface area contributed by atoms with Gasteiger partial charge in [0.25, 0.3) is 0 Å². The summed E-state index contributed by atoms with van der Waals surface area (Å²) >= 11 is 1.80. The molecular formula is C13H19NS.